The Hall–Kier alpha value is -1.15. The summed E-state index contributed by atoms with van der Waals surface area (Å²) in [7, 11) is 0. The lowest BCUT2D eigenvalue weighted by atomic mass is 9.97. The minimum atomic E-state index is 0.273. The van der Waals surface area contributed by atoms with Crippen molar-refractivity contribution < 1.29 is 0 Å². The van der Waals surface area contributed by atoms with Crippen molar-refractivity contribution in [1.29, 1.82) is 0 Å². The average molecular weight is 201 g/mol. The Morgan fingerprint density at radius 1 is 1.14 bits per heavy atom. The van der Waals surface area contributed by atoms with Crippen LogP contribution in [0.3, 0.4) is 0 Å². The van der Waals surface area contributed by atoms with Crippen molar-refractivity contribution in [3.05, 3.63) is 52.5 Å². The van der Waals surface area contributed by atoms with Gasteiger partial charge >= 0.3 is 0 Å². The highest BCUT2D eigenvalue weighted by atomic mass is 32.1. The molecule has 0 unspecified atom stereocenters. The molecule has 1 aromatic heterocycles. The van der Waals surface area contributed by atoms with Crippen LogP contribution in [-0.2, 0) is 5.41 Å². The molecule has 1 aliphatic rings. The van der Waals surface area contributed by atoms with E-state index in [4.69, 9.17) is 0 Å². The van der Waals surface area contributed by atoms with Crippen LogP contribution < -0.4 is 0 Å². The van der Waals surface area contributed by atoms with E-state index >= 15 is 0 Å². The lowest BCUT2D eigenvalue weighted by Crippen LogP contribution is -2.07. The molecule has 0 atom stereocenters. The van der Waals surface area contributed by atoms with E-state index in [1.807, 2.05) is 6.20 Å². The second kappa shape index (κ2) is 2.92. The average Bonchev–Trinajstić information content (AvgIpc) is 2.88. The minimum absolute atomic E-state index is 0.273. The Morgan fingerprint density at radius 2 is 1.93 bits per heavy atom. The molecule has 0 N–H and O–H groups in total. The molecule has 0 radical (unpaired) electrons. The number of nitrogens with zero attached hydrogens (tertiary/aromatic N) is 1. The quantitative estimate of drug-likeness (QED) is 0.727. The summed E-state index contributed by atoms with van der Waals surface area (Å²) in [5, 5.41) is 3.35. The third-order valence-corrected chi connectivity index (χ3v) is 3.90. The van der Waals surface area contributed by atoms with Gasteiger partial charge in [-0.05, 0) is 18.4 Å². The van der Waals surface area contributed by atoms with Crippen LogP contribution in [0.1, 0.15) is 23.4 Å². The summed E-state index contributed by atoms with van der Waals surface area (Å²) in [6.45, 7) is 0. The maximum atomic E-state index is 4.45. The standard InChI is InChI=1S/C12H11NS/c1-2-4-10(5-3-1)12(6-7-12)11-13-8-9-14-11/h1-5,8-9H,6-7H2. The molecule has 0 aliphatic heterocycles. The summed E-state index contributed by atoms with van der Waals surface area (Å²) in [6.07, 6.45) is 4.41. The van der Waals surface area contributed by atoms with Crippen molar-refractivity contribution in [1.82, 2.24) is 4.98 Å². The molecule has 1 nitrogen and oxygen atoms in total. The lowest BCUT2D eigenvalue weighted by Gasteiger charge is -2.11. The van der Waals surface area contributed by atoms with E-state index in [-0.39, 0.29) is 5.41 Å². The third kappa shape index (κ3) is 1.11. The van der Waals surface area contributed by atoms with Crippen molar-refractivity contribution >= 4 is 11.3 Å². The maximum Gasteiger partial charge on any atom is 0.103 e. The van der Waals surface area contributed by atoms with E-state index in [2.05, 4.69) is 40.7 Å². The second-order valence-corrected chi connectivity index (χ2v) is 4.68. The fourth-order valence-corrected chi connectivity index (χ4v) is 2.89. The van der Waals surface area contributed by atoms with Gasteiger partial charge in [0.25, 0.3) is 0 Å². The third-order valence-electron chi connectivity index (χ3n) is 2.92. The summed E-state index contributed by atoms with van der Waals surface area (Å²) in [5.74, 6) is 0. The van der Waals surface area contributed by atoms with Crippen molar-refractivity contribution in [2.45, 2.75) is 18.3 Å². The number of rotatable bonds is 2. The van der Waals surface area contributed by atoms with E-state index in [1.165, 1.54) is 23.4 Å². The van der Waals surface area contributed by atoms with Crippen LogP contribution in [0.4, 0.5) is 0 Å². The van der Waals surface area contributed by atoms with E-state index in [0.29, 0.717) is 0 Å². The van der Waals surface area contributed by atoms with Gasteiger partial charge in [0.05, 0.1) is 0 Å². The highest BCUT2D eigenvalue weighted by molar-refractivity contribution is 7.09. The Kier molecular flexibility index (Phi) is 1.71. The van der Waals surface area contributed by atoms with Crippen LogP contribution in [0.2, 0.25) is 0 Å². The van der Waals surface area contributed by atoms with E-state index < -0.39 is 0 Å². The fourth-order valence-electron chi connectivity index (χ4n) is 1.97. The van der Waals surface area contributed by atoms with Gasteiger partial charge in [0.2, 0.25) is 0 Å². The molecule has 2 heteroatoms. The number of thiazole rings is 1. The first kappa shape index (κ1) is 8.18. The summed E-state index contributed by atoms with van der Waals surface area (Å²) < 4.78 is 0. The summed E-state index contributed by atoms with van der Waals surface area (Å²) >= 11 is 1.78. The zero-order chi connectivity index (χ0) is 9.43. The molecule has 0 spiro atoms. The van der Waals surface area contributed by atoms with Gasteiger partial charge in [-0.1, -0.05) is 30.3 Å². The van der Waals surface area contributed by atoms with Gasteiger partial charge in [-0.3, -0.25) is 0 Å². The van der Waals surface area contributed by atoms with Crippen molar-refractivity contribution in [3.63, 3.8) is 0 Å². The van der Waals surface area contributed by atoms with E-state index in [0.717, 1.165) is 0 Å². The predicted octanol–water partition coefficient (Wildman–Crippen LogP) is 3.22. The smallest absolute Gasteiger partial charge is 0.103 e. The molecular weight excluding hydrogens is 190 g/mol. The first-order valence-corrected chi connectivity index (χ1v) is 5.75. The van der Waals surface area contributed by atoms with Gasteiger partial charge < -0.3 is 0 Å². The van der Waals surface area contributed by atoms with Crippen molar-refractivity contribution in [3.8, 4) is 0 Å². The molecular formula is C12H11NS. The Balaban J connectivity index is 2.07. The van der Waals surface area contributed by atoms with Gasteiger partial charge in [0, 0.05) is 17.0 Å². The molecule has 1 aromatic carbocycles. The Labute approximate surface area is 87.4 Å². The van der Waals surface area contributed by atoms with Crippen LogP contribution in [0.5, 0.6) is 0 Å². The molecule has 0 amide bonds. The zero-order valence-electron chi connectivity index (χ0n) is 7.81. The number of aromatic nitrogens is 1. The topological polar surface area (TPSA) is 12.9 Å². The molecule has 1 heterocycles. The second-order valence-electron chi connectivity index (χ2n) is 3.79. The molecule has 3 rings (SSSR count). The summed E-state index contributed by atoms with van der Waals surface area (Å²) in [5.41, 5.74) is 1.70. The highest BCUT2D eigenvalue weighted by Crippen LogP contribution is 2.53. The summed E-state index contributed by atoms with van der Waals surface area (Å²) in [4.78, 5) is 4.45. The monoisotopic (exact) mass is 201 g/mol. The largest absolute Gasteiger partial charge is 0.249 e. The van der Waals surface area contributed by atoms with Crippen LogP contribution in [0.15, 0.2) is 41.9 Å². The van der Waals surface area contributed by atoms with E-state index in [9.17, 15) is 0 Å². The van der Waals surface area contributed by atoms with Crippen molar-refractivity contribution in [2.24, 2.45) is 0 Å². The summed E-state index contributed by atoms with van der Waals surface area (Å²) in [6, 6.07) is 10.7. The normalized spacial score (nSPS) is 18.0. The molecule has 0 saturated heterocycles. The zero-order valence-corrected chi connectivity index (χ0v) is 8.63. The molecule has 70 valence electrons. The number of hydrogen-bond acceptors (Lipinski definition) is 2. The highest BCUT2D eigenvalue weighted by Gasteiger charge is 2.47. The minimum Gasteiger partial charge on any atom is -0.249 e. The Morgan fingerprint density at radius 3 is 2.50 bits per heavy atom. The van der Waals surface area contributed by atoms with Crippen molar-refractivity contribution in [2.75, 3.05) is 0 Å². The molecule has 1 aliphatic carbocycles. The van der Waals surface area contributed by atoms with Crippen LogP contribution >= 0.6 is 11.3 Å². The lowest BCUT2D eigenvalue weighted by molar-refractivity contribution is 0.833. The van der Waals surface area contributed by atoms with Gasteiger partial charge in [0.15, 0.2) is 0 Å². The SMILES string of the molecule is c1ccc(C2(c3nccs3)CC2)cc1. The molecule has 1 saturated carbocycles. The number of benzene rings is 1. The van der Waals surface area contributed by atoms with Crippen LogP contribution in [0, 0.1) is 0 Å². The van der Waals surface area contributed by atoms with Crippen LogP contribution in [-0.4, -0.2) is 4.98 Å². The molecule has 0 bridgehead atoms. The van der Waals surface area contributed by atoms with Crippen LogP contribution in [0.25, 0.3) is 0 Å². The molecule has 2 aromatic rings. The molecule has 1 fully saturated rings. The Bertz CT molecular complexity index is 415. The predicted molar refractivity (Wildman–Crippen MR) is 58.6 cm³/mol. The first-order valence-electron chi connectivity index (χ1n) is 4.87. The van der Waals surface area contributed by atoms with E-state index in [1.54, 1.807) is 11.3 Å². The number of hydrogen-bond donors (Lipinski definition) is 0. The van der Waals surface area contributed by atoms with Gasteiger partial charge in [0.1, 0.15) is 5.01 Å². The first-order chi connectivity index (χ1) is 6.92. The van der Waals surface area contributed by atoms with Gasteiger partial charge in [-0.15, -0.1) is 11.3 Å². The fraction of sp³-hybridized carbons (Fsp3) is 0.250. The van der Waals surface area contributed by atoms with Gasteiger partial charge in [-0.25, -0.2) is 4.98 Å². The van der Waals surface area contributed by atoms with Gasteiger partial charge in [-0.2, -0.15) is 0 Å². The molecule has 14 heavy (non-hydrogen) atoms. The maximum absolute atomic E-state index is 4.45.